The SMILES string of the molecule is Cc1ccc(NCC(=O)NCC2CCCO2)c(S(=O)(=O)c2ccc(Cl)cc2)c1C. The minimum Gasteiger partial charge on any atom is -0.376 e. The molecule has 2 aromatic rings. The number of hydrogen-bond donors (Lipinski definition) is 2. The zero-order valence-electron chi connectivity index (χ0n) is 16.5. The summed E-state index contributed by atoms with van der Waals surface area (Å²) in [6.45, 7) is 4.78. The predicted octanol–water partition coefficient (Wildman–Crippen LogP) is 3.50. The number of sulfone groups is 1. The lowest BCUT2D eigenvalue weighted by Gasteiger charge is -2.17. The lowest BCUT2D eigenvalue weighted by molar-refractivity contribution is -0.119. The van der Waals surface area contributed by atoms with Crippen molar-refractivity contribution in [2.24, 2.45) is 0 Å². The average Bonchev–Trinajstić information content (AvgIpc) is 3.21. The molecule has 1 aliphatic heterocycles. The van der Waals surface area contributed by atoms with Gasteiger partial charge in [-0.05, 0) is 68.1 Å². The van der Waals surface area contributed by atoms with Crippen LogP contribution in [-0.2, 0) is 19.4 Å². The average molecular weight is 437 g/mol. The van der Waals surface area contributed by atoms with Gasteiger partial charge in [-0.1, -0.05) is 17.7 Å². The summed E-state index contributed by atoms with van der Waals surface area (Å²) in [4.78, 5) is 12.5. The lowest BCUT2D eigenvalue weighted by Crippen LogP contribution is -2.35. The van der Waals surface area contributed by atoms with Gasteiger partial charge in [0.2, 0.25) is 15.7 Å². The van der Waals surface area contributed by atoms with Crippen molar-refractivity contribution >= 4 is 33.0 Å². The van der Waals surface area contributed by atoms with Crippen molar-refractivity contribution < 1.29 is 17.9 Å². The Hall–Kier alpha value is -2.09. The van der Waals surface area contributed by atoms with Gasteiger partial charge in [0, 0.05) is 18.2 Å². The zero-order chi connectivity index (χ0) is 21.0. The molecular weight excluding hydrogens is 412 g/mol. The van der Waals surface area contributed by atoms with E-state index in [1.54, 1.807) is 25.1 Å². The Morgan fingerprint density at radius 3 is 2.55 bits per heavy atom. The molecule has 2 N–H and O–H groups in total. The highest BCUT2D eigenvalue weighted by atomic mass is 35.5. The Bertz CT molecular complexity index is 984. The third kappa shape index (κ3) is 5.10. The number of benzene rings is 2. The smallest absolute Gasteiger partial charge is 0.239 e. The molecule has 0 aliphatic carbocycles. The molecule has 0 radical (unpaired) electrons. The minimum atomic E-state index is -3.79. The van der Waals surface area contributed by atoms with Crippen LogP contribution in [0.15, 0.2) is 46.2 Å². The van der Waals surface area contributed by atoms with E-state index in [9.17, 15) is 13.2 Å². The minimum absolute atomic E-state index is 0.0294. The predicted molar refractivity (Wildman–Crippen MR) is 113 cm³/mol. The normalized spacial score (nSPS) is 16.6. The van der Waals surface area contributed by atoms with Gasteiger partial charge in [-0.2, -0.15) is 0 Å². The van der Waals surface area contributed by atoms with Gasteiger partial charge in [0.05, 0.1) is 28.1 Å². The molecule has 156 valence electrons. The van der Waals surface area contributed by atoms with Gasteiger partial charge in [-0.3, -0.25) is 4.79 Å². The summed E-state index contributed by atoms with van der Waals surface area (Å²) < 4.78 is 32.1. The summed E-state index contributed by atoms with van der Waals surface area (Å²) in [7, 11) is -3.79. The number of nitrogens with one attached hydrogen (secondary N) is 2. The van der Waals surface area contributed by atoms with Crippen LogP contribution < -0.4 is 10.6 Å². The van der Waals surface area contributed by atoms with Gasteiger partial charge >= 0.3 is 0 Å². The van der Waals surface area contributed by atoms with Crippen molar-refractivity contribution in [3.8, 4) is 0 Å². The Morgan fingerprint density at radius 1 is 1.17 bits per heavy atom. The van der Waals surface area contributed by atoms with Gasteiger partial charge in [0.1, 0.15) is 0 Å². The highest BCUT2D eigenvalue weighted by molar-refractivity contribution is 7.91. The Labute approximate surface area is 176 Å². The van der Waals surface area contributed by atoms with Crippen LogP contribution in [0.4, 0.5) is 5.69 Å². The maximum atomic E-state index is 13.3. The van der Waals surface area contributed by atoms with Crippen molar-refractivity contribution in [1.29, 1.82) is 0 Å². The van der Waals surface area contributed by atoms with Crippen molar-refractivity contribution in [2.75, 3.05) is 25.0 Å². The van der Waals surface area contributed by atoms with Gasteiger partial charge in [-0.25, -0.2) is 8.42 Å². The molecule has 3 rings (SSSR count). The quantitative estimate of drug-likeness (QED) is 0.694. The molecule has 0 spiro atoms. The van der Waals surface area contributed by atoms with E-state index in [2.05, 4.69) is 10.6 Å². The number of amides is 1. The Balaban J connectivity index is 1.79. The van der Waals surface area contributed by atoms with Gasteiger partial charge < -0.3 is 15.4 Å². The van der Waals surface area contributed by atoms with E-state index in [0.29, 0.717) is 22.8 Å². The summed E-state index contributed by atoms with van der Waals surface area (Å²) in [6, 6.07) is 9.59. The fourth-order valence-electron chi connectivity index (χ4n) is 3.28. The first-order valence-electron chi connectivity index (χ1n) is 9.52. The summed E-state index contributed by atoms with van der Waals surface area (Å²) >= 11 is 5.90. The molecule has 0 aromatic heterocycles. The first kappa shape index (κ1) is 21.6. The maximum absolute atomic E-state index is 13.3. The lowest BCUT2D eigenvalue weighted by atomic mass is 10.1. The summed E-state index contributed by atoms with van der Waals surface area (Å²) in [5, 5.41) is 6.28. The van der Waals surface area contributed by atoms with E-state index in [4.69, 9.17) is 16.3 Å². The number of halogens is 1. The van der Waals surface area contributed by atoms with Crippen molar-refractivity contribution in [3.05, 3.63) is 52.5 Å². The van der Waals surface area contributed by atoms with Crippen LogP contribution in [0.1, 0.15) is 24.0 Å². The number of carbonyl (C=O) groups excluding carboxylic acids is 1. The topological polar surface area (TPSA) is 84.5 Å². The molecule has 1 aliphatic rings. The molecule has 1 atom stereocenters. The monoisotopic (exact) mass is 436 g/mol. The molecule has 1 amide bonds. The first-order valence-corrected chi connectivity index (χ1v) is 11.4. The van der Waals surface area contributed by atoms with Crippen molar-refractivity contribution in [3.63, 3.8) is 0 Å². The third-order valence-corrected chi connectivity index (χ3v) is 7.27. The standard InChI is InChI=1S/C21H25ClN2O4S/c1-14-5-10-19(23-13-20(25)24-12-17-4-3-11-28-17)21(15(14)2)29(26,27)18-8-6-16(22)7-9-18/h5-10,17,23H,3-4,11-13H2,1-2H3,(H,24,25). The van der Waals surface area contributed by atoms with E-state index >= 15 is 0 Å². The number of hydrogen-bond acceptors (Lipinski definition) is 5. The molecule has 0 saturated carbocycles. The number of aryl methyl sites for hydroxylation is 1. The summed E-state index contributed by atoms with van der Waals surface area (Å²) in [5.74, 6) is -0.214. The van der Waals surface area contributed by atoms with E-state index < -0.39 is 9.84 Å². The molecule has 29 heavy (non-hydrogen) atoms. The second-order valence-corrected chi connectivity index (χ2v) is 9.46. The molecule has 1 unspecified atom stereocenters. The van der Waals surface area contributed by atoms with Crippen LogP contribution in [-0.4, -0.2) is 40.1 Å². The molecule has 1 heterocycles. The Kier molecular flexibility index (Phi) is 6.82. The van der Waals surface area contributed by atoms with Gasteiger partial charge in [0.15, 0.2) is 0 Å². The molecule has 6 nitrogen and oxygen atoms in total. The van der Waals surface area contributed by atoms with Crippen LogP contribution in [0.3, 0.4) is 0 Å². The number of rotatable bonds is 7. The summed E-state index contributed by atoms with van der Waals surface area (Å²) in [6.07, 6.45) is 2.00. The van der Waals surface area contributed by atoms with Crippen LogP contribution in [0.25, 0.3) is 0 Å². The zero-order valence-corrected chi connectivity index (χ0v) is 18.1. The van der Waals surface area contributed by atoms with Crippen LogP contribution in [0.2, 0.25) is 5.02 Å². The second-order valence-electron chi connectivity index (χ2n) is 7.13. The fourth-order valence-corrected chi connectivity index (χ4v) is 5.13. The molecule has 2 aromatic carbocycles. The third-order valence-electron chi connectivity index (χ3n) is 5.06. The molecule has 0 bridgehead atoms. The first-order chi connectivity index (χ1) is 13.8. The number of carbonyl (C=O) groups is 1. The molecular formula is C21H25ClN2O4S. The molecule has 8 heteroatoms. The van der Waals surface area contributed by atoms with Gasteiger partial charge in [-0.15, -0.1) is 0 Å². The highest BCUT2D eigenvalue weighted by Gasteiger charge is 2.25. The largest absolute Gasteiger partial charge is 0.376 e. The van der Waals surface area contributed by atoms with E-state index in [1.165, 1.54) is 12.1 Å². The number of anilines is 1. The second kappa shape index (κ2) is 9.15. The van der Waals surface area contributed by atoms with Crippen molar-refractivity contribution in [1.82, 2.24) is 5.32 Å². The highest BCUT2D eigenvalue weighted by Crippen LogP contribution is 2.33. The van der Waals surface area contributed by atoms with Crippen LogP contribution >= 0.6 is 11.6 Å². The van der Waals surface area contributed by atoms with E-state index in [0.717, 1.165) is 25.0 Å². The van der Waals surface area contributed by atoms with Gasteiger partial charge in [0.25, 0.3) is 0 Å². The van der Waals surface area contributed by atoms with Crippen LogP contribution in [0.5, 0.6) is 0 Å². The Morgan fingerprint density at radius 2 is 1.90 bits per heavy atom. The fraction of sp³-hybridized carbons (Fsp3) is 0.381. The van der Waals surface area contributed by atoms with Crippen LogP contribution in [0, 0.1) is 13.8 Å². The molecule has 1 saturated heterocycles. The molecule has 1 fully saturated rings. The van der Waals surface area contributed by atoms with E-state index in [1.807, 2.05) is 13.0 Å². The summed E-state index contributed by atoms with van der Waals surface area (Å²) in [5.41, 5.74) is 1.89. The number of ether oxygens (including phenoxy) is 1. The maximum Gasteiger partial charge on any atom is 0.239 e. The van der Waals surface area contributed by atoms with E-state index in [-0.39, 0.29) is 28.3 Å². The van der Waals surface area contributed by atoms with Crippen molar-refractivity contribution in [2.45, 2.75) is 42.6 Å².